The molecule has 0 aliphatic heterocycles. The van der Waals surface area contributed by atoms with Crippen LogP contribution in [0.1, 0.15) is 33.6 Å². The molecule has 0 spiro atoms. The van der Waals surface area contributed by atoms with Crippen molar-refractivity contribution in [2.24, 2.45) is 5.92 Å². The monoisotopic (exact) mass is 332 g/mol. The fraction of sp³-hybridized carbons (Fsp3) is 0.471. The van der Waals surface area contributed by atoms with Crippen LogP contribution in [0.15, 0.2) is 29.1 Å². The quantitative estimate of drug-likeness (QED) is 0.784. The van der Waals surface area contributed by atoms with E-state index in [-0.39, 0.29) is 36.4 Å². The molecule has 0 radical (unpaired) electrons. The maximum absolute atomic E-state index is 12.4. The second-order valence-corrected chi connectivity index (χ2v) is 6.11. The van der Waals surface area contributed by atoms with E-state index >= 15 is 0 Å². The number of nitrogens with one attached hydrogen (secondary N) is 2. The number of amides is 2. The lowest BCUT2D eigenvalue weighted by atomic mass is 10.1. The number of carbonyl (C=O) groups excluding carboxylic acids is 2. The number of nitrogens with zero attached hydrogens (tertiary/aromatic N) is 2. The van der Waals surface area contributed by atoms with Crippen LogP contribution in [-0.4, -0.2) is 20.9 Å². The number of aryl methyl sites for hydroxylation is 2. The average molecular weight is 332 g/mol. The first-order chi connectivity index (χ1) is 11.4. The van der Waals surface area contributed by atoms with Crippen molar-refractivity contribution in [1.82, 2.24) is 20.0 Å². The molecule has 0 aliphatic carbocycles. The molecule has 1 aromatic carbocycles. The van der Waals surface area contributed by atoms with Gasteiger partial charge in [-0.1, -0.05) is 26.0 Å². The number of hydrogen-bond acceptors (Lipinski definition) is 3. The van der Waals surface area contributed by atoms with Gasteiger partial charge < -0.3 is 0 Å². The van der Waals surface area contributed by atoms with Gasteiger partial charge in [0.1, 0.15) is 0 Å². The molecule has 0 bridgehead atoms. The van der Waals surface area contributed by atoms with Crippen molar-refractivity contribution in [3.8, 4) is 0 Å². The summed E-state index contributed by atoms with van der Waals surface area (Å²) in [5.74, 6) is -0.328. The molecule has 2 aromatic rings. The normalized spacial score (nSPS) is 11.0. The fourth-order valence-corrected chi connectivity index (χ4v) is 2.63. The number of carbonyl (C=O) groups is 2. The van der Waals surface area contributed by atoms with E-state index in [4.69, 9.17) is 0 Å². The topological polar surface area (TPSA) is 85.1 Å². The maximum Gasteiger partial charge on any atom is 0.329 e. The number of fused-ring (bicyclic) bond motifs is 1. The highest BCUT2D eigenvalue weighted by Crippen LogP contribution is 2.12. The van der Waals surface area contributed by atoms with E-state index < -0.39 is 0 Å². The molecule has 130 valence electrons. The molecule has 2 amide bonds. The Hall–Kier alpha value is -2.57. The van der Waals surface area contributed by atoms with Gasteiger partial charge in [-0.05, 0) is 25.0 Å². The first kappa shape index (κ1) is 17.8. The minimum Gasteiger partial charge on any atom is -0.292 e. The third-order valence-corrected chi connectivity index (χ3v) is 3.74. The first-order valence-electron chi connectivity index (χ1n) is 8.19. The SMILES string of the molecule is CCn1c(=O)n(CCC(=O)NNC(=O)CC(C)C)c2ccccc21. The van der Waals surface area contributed by atoms with E-state index in [1.54, 1.807) is 9.13 Å². The summed E-state index contributed by atoms with van der Waals surface area (Å²) in [7, 11) is 0. The lowest BCUT2D eigenvalue weighted by Crippen LogP contribution is -2.42. The second kappa shape index (κ2) is 7.81. The Morgan fingerprint density at radius 3 is 2.21 bits per heavy atom. The van der Waals surface area contributed by atoms with Gasteiger partial charge in [-0.3, -0.25) is 29.6 Å². The molecule has 0 saturated heterocycles. The summed E-state index contributed by atoms with van der Waals surface area (Å²) in [6.45, 7) is 6.60. The molecule has 0 aliphatic rings. The standard InChI is InChI=1S/C17H24N4O3/c1-4-20-13-7-5-6-8-14(13)21(17(20)24)10-9-15(22)18-19-16(23)11-12(2)3/h5-8,12H,4,9-11H2,1-3H3,(H,18,22)(H,19,23). The Labute approximate surface area is 140 Å². The van der Waals surface area contributed by atoms with Gasteiger partial charge in [-0.15, -0.1) is 0 Å². The van der Waals surface area contributed by atoms with E-state index in [2.05, 4.69) is 10.9 Å². The zero-order valence-electron chi connectivity index (χ0n) is 14.3. The third-order valence-electron chi connectivity index (χ3n) is 3.74. The molecule has 1 aromatic heterocycles. The highest BCUT2D eigenvalue weighted by molar-refractivity contribution is 5.82. The van der Waals surface area contributed by atoms with Gasteiger partial charge in [-0.2, -0.15) is 0 Å². The summed E-state index contributed by atoms with van der Waals surface area (Å²) in [5, 5.41) is 0. The summed E-state index contributed by atoms with van der Waals surface area (Å²) in [6.07, 6.45) is 0.462. The number of para-hydroxylation sites is 2. The Balaban J connectivity index is 2.01. The Kier molecular flexibility index (Phi) is 5.78. The van der Waals surface area contributed by atoms with Gasteiger partial charge >= 0.3 is 5.69 Å². The van der Waals surface area contributed by atoms with Crippen LogP contribution in [0.4, 0.5) is 0 Å². The molecular formula is C17H24N4O3. The zero-order valence-corrected chi connectivity index (χ0v) is 14.3. The number of hydrogen-bond donors (Lipinski definition) is 2. The smallest absolute Gasteiger partial charge is 0.292 e. The van der Waals surface area contributed by atoms with E-state index in [1.165, 1.54) is 0 Å². The van der Waals surface area contributed by atoms with Crippen LogP contribution in [0.5, 0.6) is 0 Å². The Morgan fingerprint density at radius 1 is 1.04 bits per heavy atom. The van der Waals surface area contributed by atoms with Gasteiger partial charge in [0.25, 0.3) is 0 Å². The summed E-state index contributed by atoms with van der Waals surface area (Å²) in [6, 6.07) is 7.51. The molecule has 7 nitrogen and oxygen atoms in total. The third kappa shape index (κ3) is 4.04. The zero-order chi connectivity index (χ0) is 17.7. The number of aromatic nitrogens is 2. The number of imidazole rings is 1. The van der Waals surface area contributed by atoms with Crippen molar-refractivity contribution in [2.75, 3.05) is 0 Å². The van der Waals surface area contributed by atoms with E-state index in [1.807, 2.05) is 45.0 Å². The highest BCUT2D eigenvalue weighted by atomic mass is 16.2. The largest absolute Gasteiger partial charge is 0.329 e. The molecule has 0 saturated carbocycles. The number of benzene rings is 1. The van der Waals surface area contributed by atoms with Crippen LogP contribution in [-0.2, 0) is 22.7 Å². The predicted octanol–water partition coefficient (Wildman–Crippen LogP) is 1.41. The lowest BCUT2D eigenvalue weighted by molar-refractivity contribution is -0.129. The molecule has 0 atom stereocenters. The van der Waals surface area contributed by atoms with Gasteiger partial charge in [0.2, 0.25) is 11.8 Å². The van der Waals surface area contributed by atoms with Crippen molar-refractivity contribution in [3.05, 3.63) is 34.7 Å². The van der Waals surface area contributed by atoms with Crippen LogP contribution < -0.4 is 16.5 Å². The molecule has 0 unspecified atom stereocenters. The van der Waals surface area contributed by atoms with Crippen molar-refractivity contribution in [3.63, 3.8) is 0 Å². The number of rotatable bonds is 6. The van der Waals surface area contributed by atoms with Crippen molar-refractivity contribution >= 4 is 22.8 Å². The molecular weight excluding hydrogens is 308 g/mol. The van der Waals surface area contributed by atoms with E-state index in [9.17, 15) is 14.4 Å². The average Bonchev–Trinajstić information content (AvgIpc) is 2.81. The molecule has 24 heavy (non-hydrogen) atoms. The molecule has 7 heteroatoms. The number of hydrazine groups is 1. The summed E-state index contributed by atoms with van der Waals surface area (Å²) >= 11 is 0. The van der Waals surface area contributed by atoms with Crippen LogP contribution in [0, 0.1) is 5.92 Å². The molecule has 2 N–H and O–H groups in total. The fourth-order valence-electron chi connectivity index (χ4n) is 2.63. The van der Waals surface area contributed by atoms with Gasteiger partial charge in [-0.25, -0.2) is 4.79 Å². The molecule has 1 heterocycles. The van der Waals surface area contributed by atoms with Crippen molar-refractivity contribution in [2.45, 2.75) is 46.7 Å². The highest BCUT2D eigenvalue weighted by Gasteiger charge is 2.13. The van der Waals surface area contributed by atoms with Crippen LogP contribution in [0.25, 0.3) is 11.0 Å². The maximum atomic E-state index is 12.4. The van der Waals surface area contributed by atoms with E-state index in [0.717, 1.165) is 11.0 Å². The van der Waals surface area contributed by atoms with Crippen LogP contribution >= 0.6 is 0 Å². The predicted molar refractivity (Wildman–Crippen MR) is 92.2 cm³/mol. The van der Waals surface area contributed by atoms with Crippen LogP contribution in [0.3, 0.4) is 0 Å². The Bertz CT molecular complexity index is 789. The summed E-state index contributed by atoms with van der Waals surface area (Å²) in [4.78, 5) is 35.8. The minimum atomic E-state index is -0.327. The van der Waals surface area contributed by atoms with Gasteiger partial charge in [0.05, 0.1) is 11.0 Å². The summed E-state index contributed by atoms with van der Waals surface area (Å²) in [5.41, 5.74) is 6.31. The Morgan fingerprint density at radius 2 is 1.62 bits per heavy atom. The molecule has 2 rings (SSSR count). The van der Waals surface area contributed by atoms with Gasteiger partial charge in [0, 0.05) is 25.9 Å². The van der Waals surface area contributed by atoms with E-state index in [0.29, 0.717) is 13.0 Å². The van der Waals surface area contributed by atoms with Crippen molar-refractivity contribution < 1.29 is 9.59 Å². The van der Waals surface area contributed by atoms with Crippen molar-refractivity contribution in [1.29, 1.82) is 0 Å². The van der Waals surface area contributed by atoms with Crippen LogP contribution in [0.2, 0.25) is 0 Å². The summed E-state index contributed by atoms with van der Waals surface area (Å²) < 4.78 is 3.27. The van der Waals surface area contributed by atoms with Gasteiger partial charge in [0.15, 0.2) is 0 Å². The lowest BCUT2D eigenvalue weighted by Gasteiger charge is -2.09. The first-order valence-corrected chi connectivity index (χ1v) is 8.19. The molecule has 0 fully saturated rings. The minimum absolute atomic E-state index is 0.111. The second-order valence-electron chi connectivity index (χ2n) is 6.11.